The number of nitrogens with one attached hydrogen (secondary N) is 1. The highest BCUT2D eigenvalue weighted by atomic mass is 16.5. The number of carbonyl (C=O) groups is 1. The Balaban J connectivity index is 2.01. The zero-order valence-electron chi connectivity index (χ0n) is 12.0. The molecule has 1 saturated heterocycles. The lowest BCUT2D eigenvalue weighted by Gasteiger charge is -2.35. The molecule has 2 rings (SSSR count). The minimum atomic E-state index is -0.352. The minimum absolute atomic E-state index is 0.0535. The van der Waals surface area contributed by atoms with E-state index < -0.39 is 0 Å². The van der Waals surface area contributed by atoms with Gasteiger partial charge in [-0.2, -0.15) is 5.26 Å². The number of anilines is 1. The van der Waals surface area contributed by atoms with Gasteiger partial charge in [-0.25, -0.2) is 0 Å². The van der Waals surface area contributed by atoms with Gasteiger partial charge in [0.2, 0.25) is 5.91 Å². The molecule has 0 aliphatic carbocycles. The van der Waals surface area contributed by atoms with Gasteiger partial charge in [0.1, 0.15) is 6.07 Å². The molecule has 1 amide bonds. The molecule has 0 aromatic heterocycles. The number of nitrogens with zero attached hydrogens (tertiary/aromatic N) is 2. The highest BCUT2D eigenvalue weighted by molar-refractivity contribution is 5.95. The van der Waals surface area contributed by atoms with E-state index >= 15 is 0 Å². The van der Waals surface area contributed by atoms with E-state index in [4.69, 9.17) is 15.1 Å². The quantitative estimate of drug-likeness (QED) is 0.847. The first-order valence-corrected chi connectivity index (χ1v) is 6.92. The van der Waals surface area contributed by atoms with E-state index in [1.165, 1.54) is 0 Å². The molecule has 1 aliphatic rings. The first-order chi connectivity index (χ1) is 10.2. The van der Waals surface area contributed by atoms with Crippen LogP contribution in [-0.4, -0.2) is 54.4 Å². The molecular weight excluding hydrogens is 270 g/mol. The predicted molar refractivity (Wildman–Crippen MR) is 77.6 cm³/mol. The van der Waals surface area contributed by atoms with Crippen LogP contribution in [-0.2, 0) is 9.53 Å². The zero-order valence-corrected chi connectivity index (χ0v) is 12.0. The summed E-state index contributed by atoms with van der Waals surface area (Å²) in [7, 11) is 0. The van der Waals surface area contributed by atoms with Crippen molar-refractivity contribution in [3.63, 3.8) is 0 Å². The smallest absolute Gasteiger partial charge is 0.241 e. The second-order valence-corrected chi connectivity index (χ2v) is 4.99. The lowest BCUT2D eigenvalue weighted by atomic mass is 10.1. The van der Waals surface area contributed by atoms with Crippen molar-refractivity contribution in [3.05, 3.63) is 29.8 Å². The SMILES string of the molecule is CC(C(=O)Nc1ccccc1C#N)N1CCOC(CO)C1. The lowest BCUT2D eigenvalue weighted by molar-refractivity contribution is -0.125. The van der Waals surface area contributed by atoms with Gasteiger partial charge >= 0.3 is 0 Å². The largest absolute Gasteiger partial charge is 0.394 e. The van der Waals surface area contributed by atoms with Crippen LogP contribution in [0.25, 0.3) is 0 Å². The van der Waals surface area contributed by atoms with E-state index in [9.17, 15) is 4.79 Å². The van der Waals surface area contributed by atoms with Crippen LogP contribution in [0, 0.1) is 11.3 Å². The summed E-state index contributed by atoms with van der Waals surface area (Å²) in [4.78, 5) is 14.3. The summed E-state index contributed by atoms with van der Waals surface area (Å²) >= 11 is 0. The fraction of sp³-hybridized carbons (Fsp3) is 0.467. The van der Waals surface area contributed by atoms with Gasteiger partial charge in [0.05, 0.1) is 36.6 Å². The fourth-order valence-electron chi connectivity index (χ4n) is 2.30. The summed E-state index contributed by atoms with van der Waals surface area (Å²) in [5.41, 5.74) is 0.956. The normalized spacial score (nSPS) is 20.5. The predicted octanol–water partition coefficient (Wildman–Crippen LogP) is 0.578. The Labute approximate surface area is 123 Å². The van der Waals surface area contributed by atoms with E-state index in [0.29, 0.717) is 30.9 Å². The Hall–Kier alpha value is -1.94. The van der Waals surface area contributed by atoms with Gasteiger partial charge in [-0.05, 0) is 19.1 Å². The van der Waals surface area contributed by atoms with Crippen LogP contribution < -0.4 is 5.32 Å². The maximum atomic E-state index is 12.3. The highest BCUT2D eigenvalue weighted by Crippen LogP contribution is 2.15. The minimum Gasteiger partial charge on any atom is -0.394 e. The average molecular weight is 289 g/mol. The zero-order chi connectivity index (χ0) is 15.2. The first kappa shape index (κ1) is 15.4. The molecule has 1 aromatic carbocycles. The Bertz CT molecular complexity index is 541. The molecule has 2 unspecified atom stereocenters. The number of benzene rings is 1. The Morgan fingerprint density at radius 2 is 2.38 bits per heavy atom. The fourth-order valence-corrected chi connectivity index (χ4v) is 2.30. The third kappa shape index (κ3) is 3.79. The number of para-hydroxylation sites is 1. The molecule has 1 aromatic rings. The maximum Gasteiger partial charge on any atom is 0.241 e. The van der Waals surface area contributed by atoms with Gasteiger partial charge in [0.25, 0.3) is 0 Å². The first-order valence-electron chi connectivity index (χ1n) is 6.92. The summed E-state index contributed by atoms with van der Waals surface area (Å²) in [6, 6.07) is 8.60. The van der Waals surface area contributed by atoms with Crippen LogP contribution in [0.15, 0.2) is 24.3 Å². The molecule has 1 fully saturated rings. The van der Waals surface area contributed by atoms with E-state index in [-0.39, 0.29) is 24.7 Å². The molecule has 1 heterocycles. The maximum absolute atomic E-state index is 12.3. The molecule has 2 atom stereocenters. The van der Waals surface area contributed by atoms with Gasteiger partial charge in [-0.1, -0.05) is 12.1 Å². The van der Waals surface area contributed by atoms with Crippen LogP contribution >= 0.6 is 0 Å². The number of nitriles is 1. The number of ether oxygens (including phenoxy) is 1. The highest BCUT2D eigenvalue weighted by Gasteiger charge is 2.27. The number of carbonyl (C=O) groups excluding carboxylic acids is 1. The van der Waals surface area contributed by atoms with Crippen LogP contribution in [0.4, 0.5) is 5.69 Å². The lowest BCUT2D eigenvalue weighted by Crippen LogP contribution is -2.51. The molecule has 112 valence electrons. The molecule has 2 N–H and O–H groups in total. The molecule has 0 spiro atoms. The van der Waals surface area contributed by atoms with E-state index in [1.807, 2.05) is 11.8 Å². The molecule has 6 heteroatoms. The average Bonchev–Trinajstić information content (AvgIpc) is 2.54. The van der Waals surface area contributed by atoms with Crippen LogP contribution in [0.5, 0.6) is 0 Å². The van der Waals surface area contributed by atoms with Crippen LogP contribution in [0.3, 0.4) is 0 Å². The van der Waals surface area contributed by atoms with Crippen LogP contribution in [0.2, 0.25) is 0 Å². The number of morpholine rings is 1. The second-order valence-electron chi connectivity index (χ2n) is 4.99. The van der Waals surface area contributed by atoms with Gasteiger partial charge in [-0.15, -0.1) is 0 Å². The van der Waals surface area contributed by atoms with Crippen molar-refractivity contribution < 1.29 is 14.6 Å². The van der Waals surface area contributed by atoms with Crippen molar-refractivity contribution in [1.82, 2.24) is 4.90 Å². The number of aliphatic hydroxyl groups excluding tert-OH is 1. The monoisotopic (exact) mass is 289 g/mol. The second kappa shape index (κ2) is 7.18. The molecule has 6 nitrogen and oxygen atoms in total. The van der Waals surface area contributed by atoms with Crippen LogP contribution in [0.1, 0.15) is 12.5 Å². The number of hydrogen-bond acceptors (Lipinski definition) is 5. The summed E-state index contributed by atoms with van der Waals surface area (Å²) in [6.45, 7) is 3.42. The Kier molecular flexibility index (Phi) is 5.28. The van der Waals surface area contributed by atoms with E-state index in [2.05, 4.69) is 11.4 Å². The molecule has 21 heavy (non-hydrogen) atoms. The van der Waals surface area contributed by atoms with E-state index in [1.54, 1.807) is 24.3 Å². The van der Waals surface area contributed by atoms with Crippen molar-refractivity contribution >= 4 is 11.6 Å². The van der Waals surface area contributed by atoms with Gasteiger partial charge in [0.15, 0.2) is 0 Å². The number of aliphatic hydroxyl groups is 1. The van der Waals surface area contributed by atoms with Gasteiger partial charge in [0, 0.05) is 13.1 Å². The molecule has 1 aliphatic heterocycles. The molecule has 0 saturated carbocycles. The number of rotatable bonds is 4. The van der Waals surface area contributed by atoms with E-state index in [0.717, 1.165) is 0 Å². The van der Waals surface area contributed by atoms with Gasteiger partial charge in [-0.3, -0.25) is 9.69 Å². The Morgan fingerprint density at radius 3 is 3.10 bits per heavy atom. The standard InChI is InChI=1S/C15H19N3O3/c1-11(18-6-7-21-13(9-18)10-19)15(20)17-14-5-3-2-4-12(14)8-16/h2-5,11,13,19H,6-7,9-10H2,1H3,(H,17,20). The number of amides is 1. The molecular formula is C15H19N3O3. The summed E-state index contributed by atoms with van der Waals surface area (Å²) in [5.74, 6) is -0.170. The topological polar surface area (TPSA) is 85.6 Å². The molecule has 0 radical (unpaired) electrons. The van der Waals surface area contributed by atoms with Gasteiger partial charge < -0.3 is 15.2 Å². The third-order valence-electron chi connectivity index (χ3n) is 3.61. The third-order valence-corrected chi connectivity index (χ3v) is 3.61. The van der Waals surface area contributed by atoms with Crippen molar-refractivity contribution in [2.24, 2.45) is 0 Å². The Morgan fingerprint density at radius 1 is 1.62 bits per heavy atom. The number of hydrogen-bond donors (Lipinski definition) is 2. The summed E-state index contributed by atoms with van der Waals surface area (Å²) in [5, 5.41) is 21.0. The molecule has 0 bridgehead atoms. The van der Waals surface area contributed by atoms with Crippen molar-refractivity contribution in [1.29, 1.82) is 5.26 Å². The van der Waals surface area contributed by atoms with Crippen molar-refractivity contribution in [2.75, 3.05) is 31.6 Å². The van der Waals surface area contributed by atoms with Crippen molar-refractivity contribution in [2.45, 2.75) is 19.1 Å². The van der Waals surface area contributed by atoms with Crippen molar-refractivity contribution in [3.8, 4) is 6.07 Å². The summed E-state index contributed by atoms with van der Waals surface area (Å²) in [6.07, 6.45) is -0.250. The summed E-state index contributed by atoms with van der Waals surface area (Å²) < 4.78 is 5.38.